The standard InChI is InChI=1S/C17H23NO5S/c1-3-24-17-13(18-10(2)19)14(20)15-12(22-17)9-21-16(23-15)11-7-5-4-6-8-11/h4-8,12-17,20H,3,9H2,1-2H3,(H,18,19)/t12-,13-,14-,15-,16+,17+/m0/s1. The van der Waals surface area contributed by atoms with Crippen molar-refractivity contribution in [3.05, 3.63) is 35.9 Å². The Bertz CT molecular complexity index is 557. The van der Waals surface area contributed by atoms with Crippen LogP contribution in [0.2, 0.25) is 0 Å². The largest absolute Gasteiger partial charge is 0.388 e. The second-order valence-electron chi connectivity index (χ2n) is 5.89. The van der Waals surface area contributed by atoms with Crippen LogP contribution in [0.4, 0.5) is 0 Å². The summed E-state index contributed by atoms with van der Waals surface area (Å²) in [4.78, 5) is 11.5. The molecule has 2 N–H and O–H groups in total. The number of nitrogens with one attached hydrogen (secondary N) is 1. The number of rotatable bonds is 4. The van der Waals surface area contributed by atoms with Crippen LogP contribution in [-0.4, -0.2) is 53.2 Å². The summed E-state index contributed by atoms with van der Waals surface area (Å²) in [5.41, 5.74) is 0.569. The summed E-state index contributed by atoms with van der Waals surface area (Å²) in [6, 6.07) is 9.08. The number of ether oxygens (including phenoxy) is 3. The highest BCUT2D eigenvalue weighted by molar-refractivity contribution is 7.99. The van der Waals surface area contributed by atoms with Gasteiger partial charge in [0, 0.05) is 12.5 Å². The Hall–Kier alpha value is -1.12. The summed E-state index contributed by atoms with van der Waals surface area (Å²) >= 11 is 1.55. The molecule has 2 heterocycles. The molecule has 0 aromatic heterocycles. The minimum Gasteiger partial charge on any atom is -0.388 e. The lowest BCUT2D eigenvalue weighted by Gasteiger charge is -2.47. The number of amides is 1. The second-order valence-corrected chi connectivity index (χ2v) is 7.27. The molecule has 1 aromatic carbocycles. The third-order valence-electron chi connectivity index (χ3n) is 4.14. The van der Waals surface area contributed by atoms with E-state index in [4.69, 9.17) is 14.2 Å². The van der Waals surface area contributed by atoms with Crippen molar-refractivity contribution in [2.75, 3.05) is 12.4 Å². The molecule has 0 radical (unpaired) electrons. The molecule has 0 spiro atoms. The van der Waals surface area contributed by atoms with Crippen LogP contribution in [0.25, 0.3) is 0 Å². The van der Waals surface area contributed by atoms with Crippen LogP contribution in [-0.2, 0) is 19.0 Å². The van der Waals surface area contributed by atoms with Crippen LogP contribution in [0.5, 0.6) is 0 Å². The van der Waals surface area contributed by atoms with Gasteiger partial charge in [0.25, 0.3) is 0 Å². The number of aliphatic hydroxyl groups is 1. The van der Waals surface area contributed by atoms with Gasteiger partial charge in [-0.15, -0.1) is 11.8 Å². The van der Waals surface area contributed by atoms with Gasteiger partial charge in [-0.25, -0.2) is 0 Å². The Morgan fingerprint density at radius 3 is 2.75 bits per heavy atom. The van der Waals surface area contributed by atoms with Gasteiger partial charge in [0.1, 0.15) is 23.7 Å². The average molecular weight is 353 g/mol. The predicted octanol–water partition coefficient (Wildman–Crippen LogP) is 1.44. The maximum Gasteiger partial charge on any atom is 0.217 e. The van der Waals surface area contributed by atoms with Crippen LogP contribution in [0.1, 0.15) is 25.7 Å². The molecule has 0 aliphatic carbocycles. The molecule has 132 valence electrons. The van der Waals surface area contributed by atoms with E-state index in [0.717, 1.165) is 11.3 Å². The predicted molar refractivity (Wildman–Crippen MR) is 90.4 cm³/mol. The molecule has 7 heteroatoms. The quantitative estimate of drug-likeness (QED) is 0.853. The van der Waals surface area contributed by atoms with Crippen molar-refractivity contribution in [1.82, 2.24) is 5.32 Å². The number of benzene rings is 1. The summed E-state index contributed by atoms with van der Waals surface area (Å²) in [5, 5.41) is 13.6. The number of thioether (sulfide) groups is 1. The van der Waals surface area contributed by atoms with Crippen LogP contribution >= 0.6 is 11.8 Å². The molecule has 2 aliphatic heterocycles. The zero-order valence-electron chi connectivity index (χ0n) is 13.8. The van der Waals surface area contributed by atoms with Crippen molar-refractivity contribution in [2.24, 2.45) is 0 Å². The van der Waals surface area contributed by atoms with E-state index in [1.807, 2.05) is 37.3 Å². The fourth-order valence-corrected chi connectivity index (χ4v) is 4.05. The lowest BCUT2D eigenvalue weighted by molar-refractivity contribution is -0.306. The van der Waals surface area contributed by atoms with Gasteiger partial charge in [0.05, 0.1) is 12.6 Å². The normalized spacial score (nSPS) is 36.0. The third-order valence-corrected chi connectivity index (χ3v) is 5.20. The third kappa shape index (κ3) is 3.75. The molecule has 2 fully saturated rings. The molecule has 3 rings (SSSR count). The summed E-state index contributed by atoms with van der Waals surface area (Å²) in [5.74, 6) is 0.619. The van der Waals surface area contributed by atoms with E-state index in [1.165, 1.54) is 6.92 Å². The zero-order valence-corrected chi connectivity index (χ0v) is 14.6. The highest BCUT2D eigenvalue weighted by Crippen LogP contribution is 2.36. The van der Waals surface area contributed by atoms with E-state index in [1.54, 1.807) is 11.8 Å². The van der Waals surface area contributed by atoms with Crippen molar-refractivity contribution >= 4 is 17.7 Å². The van der Waals surface area contributed by atoms with Crippen LogP contribution < -0.4 is 5.32 Å². The molecule has 0 unspecified atom stereocenters. The Labute approximate surface area is 145 Å². The van der Waals surface area contributed by atoms with Crippen molar-refractivity contribution < 1.29 is 24.1 Å². The fraction of sp³-hybridized carbons (Fsp3) is 0.588. The highest BCUT2D eigenvalue weighted by atomic mass is 32.2. The van der Waals surface area contributed by atoms with Gasteiger partial charge in [-0.3, -0.25) is 4.79 Å². The lowest BCUT2D eigenvalue weighted by atomic mass is 9.96. The van der Waals surface area contributed by atoms with E-state index in [9.17, 15) is 9.90 Å². The molecule has 0 bridgehead atoms. The van der Waals surface area contributed by atoms with Crippen LogP contribution in [0.3, 0.4) is 0 Å². The fourth-order valence-electron chi connectivity index (χ4n) is 3.07. The maximum absolute atomic E-state index is 11.5. The van der Waals surface area contributed by atoms with Gasteiger partial charge in [-0.2, -0.15) is 0 Å². The monoisotopic (exact) mass is 353 g/mol. The van der Waals surface area contributed by atoms with E-state index < -0.39 is 24.5 Å². The molecule has 0 saturated carbocycles. The second kappa shape index (κ2) is 7.84. The molecule has 2 saturated heterocycles. The SMILES string of the molecule is CCS[C@H]1O[C@H]2CO[C@@H](c3ccccc3)O[C@@H]2[C@@H](O)[C@@H]1NC(C)=O. The van der Waals surface area contributed by atoms with Crippen LogP contribution in [0, 0.1) is 0 Å². The van der Waals surface area contributed by atoms with Gasteiger partial charge in [-0.05, 0) is 5.75 Å². The average Bonchev–Trinajstić information content (AvgIpc) is 2.59. The number of carbonyl (C=O) groups excluding carboxylic acids is 1. The molecule has 24 heavy (non-hydrogen) atoms. The number of aliphatic hydroxyl groups excluding tert-OH is 1. The van der Waals surface area contributed by atoms with Gasteiger partial charge in [0.15, 0.2) is 6.29 Å². The number of hydrogen-bond acceptors (Lipinski definition) is 6. The molecular formula is C17H23NO5S. The molecular weight excluding hydrogens is 330 g/mol. The number of fused-ring (bicyclic) bond motifs is 1. The smallest absolute Gasteiger partial charge is 0.217 e. The summed E-state index contributed by atoms with van der Waals surface area (Å²) in [6.07, 6.45) is -2.30. The summed E-state index contributed by atoms with van der Waals surface area (Å²) in [7, 11) is 0. The molecule has 6 atom stereocenters. The Balaban J connectivity index is 1.76. The maximum atomic E-state index is 11.5. The first-order chi connectivity index (χ1) is 11.6. The Morgan fingerprint density at radius 2 is 2.08 bits per heavy atom. The first kappa shape index (κ1) is 17.7. The van der Waals surface area contributed by atoms with E-state index in [-0.39, 0.29) is 17.4 Å². The summed E-state index contributed by atoms with van der Waals surface area (Å²) in [6.45, 7) is 3.79. The van der Waals surface area contributed by atoms with Crippen molar-refractivity contribution in [1.29, 1.82) is 0 Å². The Kier molecular flexibility index (Phi) is 5.78. The van der Waals surface area contributed by atoms with Crippen molar-refractivity contribution in [3.63, 3.8) is 0 Å². The number of carbonyl (C=O) groups is 1. The van der Waals surface area contributed by atoms with E-state index in [2.05, 4.69) is 5.32 Å². The lowest BCUT2D eigenvalue weighted by Crippen LogP contribution is -2.65. The van der Waals surface area contributed by atoms with Gasteiger partial charge in [0.2, 0.25) is 5.91 Å². The number of hydrogen-bond donors (Lipinski definition) is 2. The summed E-state index contributed by atoms with van der Waals surface area (Å²) < 4.78 is 17.8. The molecule has 1 aromatic rings. The first-order valence-electron chi connectivity index (χ1n) is 8.14. The molecule has 6 nitrogen and oxygen atoms in total. The van der Waals surface area contributed by atoms with E-state index >= 15 is 0 Å². The topological polar surface area (TPSA) is 77.0 Å². The van der Waals surface area contributed by atoms with Gasteiger partial charge >= 0.3 is 0 Å². The van der Waals surface area contributed by atoms with Crippen molar-refractivity contribution in [2.45, 2.75) is 49.9 Å². The minimum absolute atomic E-state index is 0.200. The highest BCUT2D eigenvalue weighted by Gasteiger charge is 2.49. The van der Waals surface area contributed by atoms with Crippen molar-refractivity contribution in [3.8, 4) is 0 Å². The molecule has 2 aliphatic rings. The molecule has 1 amide bonds. The minimum atomic E-state index is -0.855. The Morgan fingerprint density at radius 1 is 1.33 bits per heavy atom. The van der Waals surface area contributed by atoms with Gasteiger partial charge < -0.3 is 24.6 Å². The van der Waals surface area contributed by atoms with Gasteiger partial charge in [-0.1, -0.05) is 37.3 Å². The zero-order chi connectivity index (χ0) is 17.1. The van der Waals surface area contributed by atoms with E-state index in [0.29, 0.717) is 6.61 Å². The first-order valence-corrected chi connectivity index (χ1v) is 9.19. The van der Waals surface area contributed by atoms with Crippen LogP contribution in [0.15, 0.2) is 30.3 Å².